The van der Waals surface area contributed by atoms with Gasteiger partial charge >= 0.3 is 26.8 Å². The van der Waals surface area contributed by atoms with Crippen LogP contribution in [0.25, 0.3) is 45.0 Å². The lowest BCUT2D eigenvalue weighted by Gasteiger charge is -2.18. The van der Waals surface area contributed by atoms with E-state index in [1.165, 1.54) is 82.5 Å². The first-order valence-corrected chi connectivity index (χ1v) is 27.8. The Bertz CT molecular complexity index is 4270. The number of aromatic nitrogens is 8. The standard InChI is InChI=1S/C26H24F2N5O8P.C25H22F2N5O8P/c1-15-5-6-17(10-19(15)28)22-20(40-26(35)41-22)12-39-42(36,38-11-16-3-2-4-18(27)9-16)14-37-8-7-33-13-30-21-23(33)31-25(29)32-24(21)34;26-17-6-4-16(5-7-17)21-19(39-25(34)40-21)12-38-41(35,37-11-15-2-1-3-18(27)10-15)14-36-9-8-32-13-29-20-22(32)30-24(28)31-23(20)33/h2-6,9-10,13H,7-8,11-12,14H2,1H3,(H3,29,31,32,34);1-7,10,13H,8-9,11-12,14H2,(H3,28,30,31,33). The molecule has 2 unspecified atom stereocenters. The number of halogens is 4. The van der Waals surface area contributed by atoms with Gasteiger partial charge < -0.3 is 56.8 Å². The summed E-state index contributed by atoms with van der Waals surface area (Å²) in [6, 6.07) is 20.2. The predicted octanol–water partition coefficient (Wildman–Crippen LogP) is 7.90. The molecule has 2 atom stereocenters. The number of ether oxygens (including phenoxy) is 2. The fraction of sp³-hybridized carbons (Fsp3) is 0.216. The summed E-state index contributed by atoms with van der Waals surface area (Å²) in [5.41, 5.74) is 12.5. The second-order valence-electron chi connectivity index (χ2n) is 17.7. The van der Waals surface area contributed by atoms with Crippen molar-refractivity contribution in [3.05, 3.63) is 197 Å². The van der Waals surface area contributed by atoms with Crippen molar-refractivity contribution in [2.75, 3.05) is 37.4 Å². The maximum atomic E-state index is 14.1. The normalized spacial score (nSPS) is 13.0. The van der Waals surface area contributed by atoms with Gasteiger partial charge in [-0.1, -0.05) is 36.4 Å². The molecule has 10 aromatic rings. The van der Waals surface area contributed by atoms with Gasteiger partial charge in [-0.2, -0.15) is 9.97 Å². The number of rotatable bonds is 24. The summed E-state index contributed by atoms with van der Waals surface area (Å²) in [6.45, 7) is 0.153. The van der Waals surface area contributed by atoms with Crippen LogP contribution >= 0.6 is 15.2 Å². The third kappa shape index (κ3) is 15.2. The van der Waals surface area contributed by atoms with Crippen molar-refractivity contribution in [3.8, 4) is 22.6 Å². The van der Waals surface area contributed by atoms with E-state index in [0.717, 1.165) is 18.2 Å². The third-order valence-electron chi connectivity index (χ3n) is 11.7. The minimum absolute atomic E-state index is 0.0296. The van der Waals surface area contributed by atoms with E-state index in [9.17, 15) is 45.9 Å². The molecule has 0 saturated carbocycles. The quantitative estimate of drug-likeness (QED) is 0.0254. The van der Waals surface area contributed by atoms with Gasteiger partial charge in [0, 0.05) is 24.2 Å². The molecular weight excluding hydrogens is 1150 g/mol. The predicted molar refractivity (Wildman–Crippen MR) is 284 cm³/mol. The molecule has 83 heavy (non-hydrogen) atoms. The van der Waals surface area contributed by atoms with Gasteiger partial charge in [0.15, 0.2) is 45.4 Å². The maximum absolute atomic E-state index is 14.1. The number of benzene rings is 4. The Labute approximate surface area is 462 Å². The van der Waals surface area contributed by atoms with Gasteiger partial charge in [0.25, 0.3) is 11.1 Å². The number of H-pyrrole nitrogens is 2. The zero-order chi connectivity index (χ0) is 58.8. The van der Waals surface area contributed by atoms with Gasteiger partial charge in [-0.3, -0.25) is 37.7 Å². The number of hydrogen-bond donors (Lipinski definition) is 4. The molecule has 26 nitrogen and oxygen atoms in total. The molecule has 0 amide bonds. The summed E-state index contributed by atoms with van der Waals surface area (Å²) < 4.78 is 139. The molecule has 32 heteroatoms. The minimum Gasteiger partial charge on any atom is -0.393 e. The lowest BCUT2D eigenvalue weighted by molar-refractivity contribution is 0.114. The number of imidazole rings is 2. The Morgan fingerprint density at radius 1 is 0.554 bits per heavy atom. The zero-order valence-electron chi connectivity index (χ0n) is 43.2. The largest absolute Gasteiger partial charge is 0.519 e. The number of nitrogens with two attached hydrogens (primary N) is 2. The molecule has 434 valence electrons. The number of aromatic amines is 2. The smallest absolute Gasteiger partial charge is 0.393 e. The molecule has 6 aromatic heterocycles. The summed E-state index contributed by atoms with van der Waals surface area (Å²) in [4.78, 5) is 68.5. The number of hydrogen-bond acceptors (Lipinski definition) is 22. The molecule has 0 aliphatic carbocycles. The fourth-order valence-electron chi connectivity index (χ4n) is 7.67. The molecule has 0 aliphatic rings. The Hall–Kier alpha value is -8.86. The highest BCUT2D eigenvalue weighted by atomic mass is 31.2. The molecule has 6 heterocycles. The van der Waals surface area contributed by atoms with Gasteiger partial charge in [-0.15, -0.1) is 0 Å². The Kier molecular flexibility index (Phi) is 18.4. The van der Waals surface area contributed by atoms with Crippen LogP contribution in [0, 0.1) is 30.2 Å². The van der Waals surface area contributed by atoms with Gasteiger partial charge in [0.2, 0.25) is 11.9 Å². The van der Waals surface area contributed by atoms with E-state index < -0.39 is 87.1 Å². The van der Waals surface area contributed by atoms with E-state index in [1.807, 2.05) is 0 Å². The topological polar surface area (TPSA) is 355 Å². The molecule has 4 aromatic carbocycles. The fourth-order valence-corrected chi connectivity index (χ4v) is 10.1. The van der Waals surface area contributed by atoms with Crippen LogP contribution in [-0.2, 0) is 76.2 Å². The van der Waals surface area contributed by atoms with E-state index in [-0.39, 0.29) is 102 Å². The number of anilines is 2. The van der Waals surface area contributed by atoms with Crippen molar-refractivity contribution in [3.63, 3.8) is 0 Å². The van der Waals surface area contributed by atoms with Crippen molar-refractivity contribution in [1.29, 1.82) is 0 Å². The second kappa shape index (κ2) is 25.9. The molecule has 0 aliphatic heterocycles. The Morgan fingerprint density at radius 3 is 1.46 bits per heavy atom. The summed E-state index contributed by atoms with van der Waals surface area (Å²) in [5.74, 6) is -4.77. The first-order chi connectivity index (χ1) is 39.8. The van der Waals surface area contributed by atoms with Crippen molar-refractivity contribution in [2.24, 2.45) is 0 Å². The lowest BCUT2D eigenvalue weighted by atomic mass is 10.1. The number of aryl methyl sites for hydroxylation is 1. The number of nitrogens with one attached hydrogen (secondary N) is 2. The molecule has 0 spiro atoms. The van der Waals surface area contributed by atoms with E-state index >= 15 is 0 Å². The summed E-state index contributed by atoms with van der Waals surface area (Å²) in [6.07, 6.45) is 1.66. The molecule has 0 radical (unpaired) electrons. The van der Waals surface area contributed by atoms with E-state index in [1.54, 1.807) is 19.1 Å². The summed E-state index contributed by atoms with van der Waals surface area (Å²) in [5, 5.41) is 0. The first kappa shape index (κ1) is 58.8. The van der Waals surface area contributed by atoms with Gasteiger partial charge in [-0.05, 0) is 78.2 Å². The Balaban J connectivity index is 0.000000200. The second-order valence-corrected chi connectivity index (χ2v) is 21.6. The monoisotopic (exact) mass is 1190 g/mol. The molecule has 10 rings (SSSR count). The minimum atomic E-state index is -4.09. The van der Waals surface area contributed by atoms with Crippen LogP contribution in [0.3, 0.4) is 0 Å². The van der Waals surface area contributed by atoms with Crippen LogP contribution in [-0.4, -0.2) is 64.9 Å². The zero-order valence-corrected chi connectivity index (χ0v) is 45.0. The van der Waals surface area contributed by atoms with Crippen LogP contribution in [0.4, 0.5) is 29.5 Å². The van der Waals surface area contributed by atoms with Crippen molar-refractivity contribution in [2.45, 2.75) is 46.4 Å². The van der Waals surface area contributed by atoms with Gasteiger partial charge in [0.1, 0.15) is 49.2 Å². The van der Waals surface area contributed by atoms with E-state index in [2.05, 4.69) is 29.9 Å². The van der Waals surface area contributed by atoms with Crippen LogP contribution in [0.1, 0.15) is 28.2 Å². The van der Waals surface area contributed by atoms with E-state index in [4.69, 9.17) is 56.7 Å². The highest BCUT2D eigenvalue weighted by Crippen LogP contribution is 2.51. The van der Waals surface area contributed by atoms with Crippen LogP contribution < -0.4 is 34.2 Å². The summed E-state index contributed by atoms with van der Waals surface area (Å²) >= 11 is 0. The lowest BCUT2D eigenvalue weighted by Crippen LogP contribution is -2.13. The van der Waals surface area contributed by atoms with E-state index in [0.29, 0.717) is 22.3 Å². The average Bonchev–Trinajstić information content (AvgIpc) is 4.41. The van der Waals surface area contributed by atoms with Crippen molar-refractivity contribution >= 4 is 49.4 Å². The highest BCUT2D eigenvalue weighted by Gasteiger charge is 2.30. The molecule has 0 fully saturated rings. The summed E-state index contributed by atoms with van der Waals surface area (Å²) in [7, 11) is -8.16. The van der Waals surface area contributed by atoms with Crippen LogP contribution in [0.15, 0.2) is 140 Å². The highest BCUT2D eigenvalue weighted by molar-refractivity contribution is 7.53. The van der Waals surface area contributed by atoms with Gasteiger partial charge in [0.05, 0.1) is 39.1 Å². The molecular formula is C51H46F4N10O16P2. The number of nitrogens with zero attached hydrogens (tertiary/aromatic N) is 6. The maximum Gasteiger partial charge on any atom is 0.519 e. The molecule has 6 N–H and O–H groups in total. The van der Waals surface area contributed by atoms with Crippen LogP contribution in [0.2, 0.25) is 0 Å². The van der Waals surface area contributed by atoms with Crippen molar-refractivity contribution < 1.29 is 71.9 Å². The molecule has 0 bridgehead atoms. The third-order valence-corrected chi connectivity index (χ3v) is 14.8. The number of fused-ring (bicyclic) bond motifs is 2. The van der Waals surface area contributed by atoms with Crippen LogP contribution in [0.5, 0.6) is 0 Å². The van der Waals surface area contributed by atoms with Crippen molar-refractivity contribution in [1.82, 2.24) is 39.0 Å². The first-order valence-electron chi connectivity index (χ1n) is 24.4. The van der Waals surface area contributed by atoms with Gasteiger partial charge in [-0.25, -0.2) is 37.1 Å². The molecule has 0 saturated heterocycles. The Morgan fingerprint density at radius 2 is 1.00 bits per heavy atom. The average molecular weight is 1190 g/mol. The number of nitrogen functional groups attached to an aromatic ring is 2. The SMILES string of the molecule is Cc1ccc(-c2oc(=O)oc2COP(=O)(COCCn2cnc3c(=O)[nH]c(N)nc32)OCc2cccc(F)c2)cc1F.Nc1nc2c(ncn2CCOCP(=O)(OCc2cccc(F)c2)OCc2oc(=O)oc2-c2ccc(F)cc2)c(=O)[nH]1.